The number of rotatable bonds is 5. The van der Waals surface area contributed by atoms with Crippen LogP contribution in [0.2, 0.25) is 5.02 Å². The van der Waals surface area contributed by atoms with E-state index in [4.69, 9.17) is 16.3 Å². The molecule has 3 heterocycles. The molecule has 6 rings (SSSR count). The number of methoxy groups -OCH3 is 1. The number of carbonyl (C=O) groups excluding carboxylic acids is 3. The minimum atomic E-state index is -0.634. The van der Waals surface area contributed by atoms with E-state index in [9.17, 15) is 14.4 Å². The van der Waals surface area contributed by atoms with Gasteiger partial charge in [-0.05, 0) is 76.9 Å². The maximum Gasteiger partial charge on any atom is 0.411 e. The third-order valence-electron chi connectivity index (χ3n) is 7.33. The van der Waals surface area contributed by atoms with Crippen LogP contribution in [0.3, 0.4) is 0 Å². The van der Waals surface area contributed by atoms with Crippen molar-refractivity contribution in [3.8, 4) is 16.9 Å². The fourth-order valence-electron chi connectivity index (χ4n) is 5.14. The summed E-state index contributed by atoms with van der Waals surface area (Å²) < 4.78 is 6.19. The first-order chi connectivity index (χ1) is 22.3. The number of nitrogens with one attached hydrogen (secondary N) is 4. The molecule has 1 aliphatic heterocycles. The number of tetrazole rings is 1. The number of hydrogen-bond donors (Lipinski definition) is 4. The number of ether oxygens (including phenoxy) is 1. The second-order valence-corrected chi connectivity index (χ2v) is 10.9. The molecule has 13 nitrogen and oxygen atoms in total. The van der Waals surface area contributed by atoms with Gasteiger partial charge in [-0.3, -0.25) is 14.9 Å². The summed E-state index contributed by atoms with van der Waals surface area (Å²) in [5, 5.41) is 20.5. The number of anilines is 2. The molecule has 1 unspecified atom stereocenters. The van der Waals surface area contributed by atoms with Gasteiger partial charge in [0.15, 0.2) is 0 Å². The van der Waals surface area contributed by atoms with E-state index in [0.717, 1.165) is 11.1 Å². The van der Waals surface area contributed by atoms with Crippen molar-refractivity contribution in [2.75, 3.05) is 17.7 Å². The molecule has 5 aromatic rings. The van der Waals surface area contributed by atoms with Gasteiger partial charge < -0.3 is 20.4 Å². The first-order valence-corrected chi connectivity index (χ1v) is 14.7. The van der Waals surface area contributed by atoms with E-state index in [-0.39, 0.29) is 18.2 Å². The van der Waals surface area contributed by atoms with Gasteiger partial charge in [0, 0.05) is 34.3 Å². The van der Waals surface area contributed by atoms with E-state index in [1.165, 1.54) is 24.2 Å². The number of nitrogens with zero attached hydrogens (tertiary/aromatic N) is 5. The average Bonchev–Trinajstić information content (AvgIpc) is 3.76. The summed E-state index contributed by atoms with van der Waals surface area (Å²) in [5.74, 6) is -0.0158. The Hall–Kier alpha value is -5.82. The van der Waals surface area contributed by atoms with Gasteiger partial charge in [-0.15, -0.1) is 5.10 Å². The number of aromatic amines is 1. The van der Waals surface area contributed by atoms with E-state index in [1.807, 2.05) is 24.3 Å². The minimum Gasteiger partial charge on any atom is -0.453 e. The Labute approximate surface area is 268 Å². The summed E-state index contributed by atoms with van der Waals surface area (Å²) in [5.41, 5.74) is 5.43. The predicted octanol–water partition coefficient (Wildman–Crippen LogP) is 4.88. The third-order valence-corrected chi connectivity index (χ3v) is 7.56. The number of benzene rings is 3. The lowest BCUT2D eigenvalue weighted by Crippen LogP contribution is -2.29. The zero-order chi connectivity index (χ0) is 32.0. The Balaban J connectivity index is 1.33. The van der Waals surface area contributed by atoms with Crippen LogP contribution in [0.15, 0.2) is 79.3 Å². The van der Waals surface area contributed by atoms with Crippen LogP contribution < -0.4 is 16.0 Å². The molecule has 0 saturated carbocycles. The first-order valence-electron chi connectivity index (χ1n) is 14.3. The van der Waals surface area contributed by atoms with E-state index < -0.39 is 12.1 Å². The van der Waals surface area contributed by atoms with E-state index in [2.05, 4.69) is 41.4 Å². The lowest BCUT2D eigenvalue weighted by molar-refractivity contribution is -0.117. The second-order valence-electron chi connectivity index (χ2n) is 10.5. The molecule has 2 aromatic heterocycles. The van der Waals surface area contributed by atoms with Crippen LogP contribution in [0.25, 0.3) is 23.0 Å². The van der Waals surface area contributed by atoms with Crippen LogP contribution in [-0.4, -0.2) is 55.2 Å². The lowest BCUT2D eigenvalue weighted by Gasteiger charge is -2.18. The second kappa shape index (κ2) is 13.4. The van der Waals surface area contributed by atoms with Gasteiger partial charge in [-0.1, -0.05) is 35.9 Å². The van der Waals surface area contributed by atoms with E-state index in [1.54, 1.807) is 48.7 Å². The highest BCUT2D eigenvalue weighted by atomic mass is 35.5. The Kier molecular flexibility index (Phi) is 8.83. The summed E-state index contributed by atoms with van der Waals surface area (Å²) in [4.78, 5) is 46.1. The van der Waals surface area contributed by atoms with Gasteiger partial charge in [0.2, 0.25) is 11.8 Å². The van der Waals surface area contributed by atoms with Crippen molar-refractivity contribution in [2.24, 2.45) is 0 Å². The number of aromatic nitrogens is 6. The molecule has 14 heteroatoms. The highest BCUT2D eigenvalue weighted by Crippen LogP contribution is 2.32. The fourth-order valence-corrected chi connectivity index (χ4v) is 5.32. The van der Waals surface area contributed by atoms with Gasteiger partial charge in [-0.2, -0.15) is 4.68 Å². The number of hydrogen-bond acceptors (Lipinski definition) is 8. The zero-order valence-corrected chi connectivity index (χ0v) is 25.3. The predicted molar refractivity (Wildman–Crippen MR) is 171 cm³/mol. The molecule has 0 fully saturated rings. The molecule has 0 radical (unpaired) electrons. The molecular formula is C32H28ClN9O4. The molecule has 3 aromatic carbocycles. The number of amides is 3. The van der Waals surface area contributed by atoms with E-state index in [0.29, 0.717) is 57.6 Å². The highest BCUT2D eigenvalue weighted by Gasteiger charge is 2.21. The third kappa shape index (κ3) is 7.11. The SMILES string of the molecule is COC(=O)Nc1ccc2c(c1)NC(=O)CCc1cccc(c1)CC(NC(=O)C=Cc1cc(Cl)ccc1-n1cnnn1)c1ncc-2[nH]1. The zero-order valence-electron chi connectivity index (χ0n) is 24.5. The van der Waals surface area contributed by atoms with Crippen molar-refractivity contribution in [2.45, 2.75) is 25.3 Å². The molecule has 0 aliphatic carbocycles. The van der Waals surface area contributed by atoms with Gasteiger partial charge in [-0.25, -0.2) is 9.78 Å². The van der Waals surface area contributed by atoms with Crippen LogP contribution in [0.1, 0.15) is 35.0 Å². The van der Waals surface area contributed by atoms with Crippen LogP contribution in [0.4, 0.5) is 16.2 Å². The molecule has 1 aliphatic rings. The Bertz CT molecular complexity index is 1940. The standard InChI is InChI=1S/C32H28ClN9O4/c1-46-32(45)36-23-8-9-24-25(16-23)37-29(43)11-5-19-3-2-4-20(13-19)14-26(31-34-17-27(24)39-31)38-30(44)12-6-21-15-22(33)7-10-28(21)42-18-35-40-41-42/h2-4,6-10,12-13,15-18,26H,5,11,14H2,1H3,(H,34,39)(H,36,45)(H,37,43)(H,38,44). The molecule has 0 spiro atoms. The van der Waals surface area contributed by atoms with E-state index >= 15 is 0 Å². The molecule has 46 heavy (non-hydrogen) atoms. The van der Waals surface area contributed by atoms with Crippen molar-refractivity contribution >= 4 is 47.0 Å². The van der Waals surface area contributed by atoms with Crippen molar-refractivity contribution < 1.29 is 19.1 Å². The molecular weight excluding hydrogens is 610 g/mol. The number of H-pyrrole nitrogens is 1. The molecule has 4 N–H and O–H groups in total. The molecule has 4 bridgehead atoms. The van der Waals surface area contributed by atoms with Crippen LogP contribution in [0.5, 0.6) is 0 Å². The van der Waals surface area contributed by atoms with Gasteiger partial charge in [0.25, 0.3) is 0 Å². The summed E-state index contributed by atoms with van der Waals surface area (Å²) in [6.45, 7) is 0. The number of carbonyl (C=O) groups is 3. The maximum absolute atomic E-state index is 13.4. The molecule has 0 saturated heterocycles. The Morgan fingerprint density at radius 2 is 1.96 bits per heavy atom. The van der Waals surface area contributed by atoms with Crippen molar-refractivity contribution in [3.63, 3.8) is 0 Å². The molecule has 232 valence electrons. The topological polar surface area (TPSA) is 169 Å². The largest absolute Gasteiger partial charge is 0.453 e. The Morgan fingerprint density at radius 3 is 2.78 bits per heavy atom. The van der Waals surface area contributed by atoms with Gasteiger partial charge in [0.1, 0.15) is 12.2 Å². The normalized spacial score (nSPS) is 14.6. The number of aryl methyl sites for hydroxylation is 1. The highest BCUT2D eigenvalue weighted by molar-refractivity contribution is 6.30. The minimum absolute atomic E-state index is 0.182. The van der Waals surface area contributed by atoms with Crippen molar-refractivity contribution in [3.05, 3.63) is 107 Å². The summed E-state index contributed by atoms with van der Waals surface area (Å²) >= 11 is 6.24. The fraction of sp³-hybridized carbons (Fsp3) is 0.156. The maximum atomic E-state index is 13.4. The van der Waals surface area contributed by atoms with Crippen LogP contribution in [-0.2, 0) is 27.2 Å². The average molecular weight is 638 g/mol. The summed E-state index contributed by atoms with van der Waals surface area (Å²) in [6, 6.07) is 17.7. The lowest BCUT2D eigenvalue weighted by atomic mass is 10.0. The van der Waals surface area contributed by atoms with Crippen molar-refractivity contribution in [1.82, 2.24) is 35.5 Å². The number of halogens is 1. The van der Waals surface area contributed by atoms with Crippen LogP contribution >= 0.6 is 11.6 Å². The van der Waals surface area contributed by atoms with Crippen LogP contribution in [0, 0.1) is 0 Å². The quantitative estimate of drug-likeness (QED) is 0.198. The summed E-state index contributed by atoms with van der Waals surface area (Å²) in [6.07, 6.45) is 6.73. The summed E-state index contributed by atoms with van der Waals surface area (Å²) in [7, 11) is 1.27. The molecule has 3 amide bonds. The van der Waals surface area contributed by atoms with Crippen molar-refractivity contribution in [1.29, 1.82) is 0 Å². The molecule has 1 atom stereocenters. The monoisotopic (exact) mass is 637 g/mol. The van der Waals surface area contributed by atoms with Gasteiger partial charge in [0.05, 0.1) is 36.4 Å². The number of imidazole rings is 1. The van der Waals surface area contributed by atoms with Gasteiger partial charge >= 0.3 is 6.09 Å². The number of fused-ring (bicyclic) bond motifs is 6. The Morgan fingerprint density at radius 1 is 1.09 bits per heavy atom. The first kappa shape index (κ1) is 30.2. The smallest absolute Gasteiger partial charge is 0.411 e.